The van der Waals surface area contributed by atoms with Gasteiger partial charge in [0.05, 0.1) is 30.6 Å². The van der Waals surface area contributed by atoms with Crippen LogP contribution in [0.1, 0.15) is 6.92 Å². The van der Waals surface area contributed by atoms with Crippen LogP contribution >= 0.6 is 0 Å². The van der Waals surface area contributed by atoms with Crippen LogP contribution in [0.5, 0.6) is 0 Å². The van der Waals surface area contributed by atoms with Gasteiger partial charge in [0.2, 0.25) is 5.91 Å². The fourth-order valence-corrected chi connectivity index (χ4v) is 3.85. The summed E-state index contributed by atoms with van der Waals surface area (Å²) in [5.74, 6) is -0.703. The van der Waals surface area contributed by atoms with Crippen LogP contribution in [-0.4, -0.2) is 56.2 Å². The van der Waals surface area contributed by atoms with Crippen molar-refractivity contribution in [3.05, 3.63) is 54.1 Å². The number of amides is 1. The van der Waals surface area contributed by atoms with Crippen molar-refractivity contribution in [2.45, 2.75) is 13.0 Å². The third-order valence-corrected chi connectivity index (χ3v) is 5.42. The molecule has 4 rings (SSSR count). The van der Waals surface area contributed by atoms with Gasteiger partial charge in [-0.25, -0.2) is 8.78 Å². The van der Waals surface area contributed by atoms with Crippen molar-refractivity contribution in [3.8, 4) is 0 Å². The molecule has 1 saturated heterocycles. The van der Waals surface area contributed by atoms with Crippen LogP contribution in [0.4, 0.5) is 25.8 Å². The lowest BCUT2D eigenvalue weighted by Gasteiger charge is -2.40. The monoisotopic (exact) mass is 387 g/mol. The smallest absolute Gasteiger partial charge is 0.244 e. The number of carbonyl (C=O) groups is 1. The van der Waals surface area contributed by atoms with E-state index in [1.54, 1.807) is 23.1 Å². The Balaban J connectivity index is 1.64. The van der Waals surface area contributed by atoms with Crippen molar-refractivity contribution in [2.24, 2.45) is 0 Å². The molecule has 0 aromatic heterocycles. The molecule has 5 nitrogen and oxygen atoms in total. The van der Waals surface area contributed by atoms with E-state index < -0.39 is 0 Å². The van der Waals surface area contributed by atoms with Crippen molar-refractivity contribution in [3.63, 3.8) is 0 Å². The summed E-state index contributed by atoms with van der Waals surface area (Å²) in [5, 5.41) is 0. The average molecular weight is 387 g/mol. The van der Waals surface area contributed by atoms with Crippen molar-refractivity contribution in [2.75, 3.05) is 49.2 Å². The van der Waals surface area contributed by atoms with Crippen LogP contribution in [0.25, 0.3) is 0 Å². The number of benzene rings is 2. The molecular formula is C21H23F2N3O2. The number of nitrogens with zero attached hydrogens (tertiary/aromatic N) is 3. The van der Waals surface area contributed by atoms with Gasteiger partial charge in [-0.15, -0.1) is 0 Å². The number of halogens is 2. The molecule has 2 aromatic carbocycles. The molecule has 0 saturated carbocycles. The summed E-state index contributed by atoms with van der Waals surface area (Å²) in [7, 11) is 0. The number of morpholine rings is 1. The number of fused-ring (bicyclic) bond motifs is 1. The average Bonchev–Trinajstić information content (AvgIpc) is 2.73. The molecule has 1 amide bonds. The summed E-state index contributed by atoms with van der Waals surface area (Å²) >= 11 is 0. The first-order valence-corrected chi connectivity index (χ1v) is 9.50. The Morgan fingerprint density at radius 1 is 0.929 bits per heavy atom. The Kier molecular flexibility index (Phi) is 5.28. The lowest BCUT2D eigenvalue weighted by Crippen LogP contribution is -2.53. The Morgan fingerprint density at radius 2 is 1.61 bits per heavy atom. The third kappa shape index (κ3) is 3.59. The molecule has 2 aliphatic heterocycles. The quantitative estimate of drug-likeness (QED) is 0.811. The first-order valence-electron chi connectivity index (χ1n) is 9.50. The van der Waals surface area contributed by atoms with E-state index in [1.165, 1.54) is 24.3 Å². The molecule has 0 aliphatic carbocycles. The molecule has 2 heterocycles. The molecule has 1 fully saturated rings. The normalized spacial score (nSPS) is 18.7. The van der Waals surface area contributed by atoms with Crippen molar-refractivity contribution < 1.29 is 18.3 Å². The highest BCUT2D eigenvalue weighted by Crippen LogP contribution is 2.38. The molecule has 1 atom stereocenters. The van der Waals surface area contributed by atoms with Crippen LogP contribution in [0.3, 0.4) is 0 Å². The van der Waals surface area contributed by atoms with Gasteiger partial charge in [-0.3, -0.25) is 9.69 Å². The van der Waals surface area contributed by atoms with E-state index in [1.807, 2.05) is 11.8 Å². The van der Waals surface area contributed by atoms with Crippen molar-refractivity contribution in [1.82, 2.24) is 4.90 Å². The van der Waals surface area contributed by atoms with E-state index in [9.17, 15) is 13.6 Å². The summed E-state index contributed by atoms with van der Waals surface area (Å²) in [6.07, 6.45) is 0. The molecule has 7 heteroatoms. The van der Waals surface area contributed by atoms with Gasteiger partial charge in [0.25, 0.3) is 0 Å². The van der Waals surface area contributed by atoms with Gasteiger partial charge in [0.1, 0.15) is 11.6 Å². The Hall–Kier alpha value is -2.51. The highest BCUT2D eigenvalue weighted by atomic mass is 19.1. The van der Waals surface area contributed by atoms with Crippen LogP contribution in [0.15, 0.2) is 42.5 Å². The second-order valence-corrected chi connectivity index (χ2v) is 7.08. The summed E-state index contributed by atoms with van der Waals surface area (Å²) < 4.78 is 32.7. The number of anilines is 3. The second-order valence-electron chi connectivity index (χ2n) is 7.08. The zero-order valence-electron chi connectivity index (χ0n) is 15.8. The number of ether oxygens (including phenoxy) is 1. The summed E-state index contributed by atoms with van der Waals surface area (Å²) in [5.41, 5.74) is 2.05. The van der Waals surface area contributed by atoms with Gasteiger partial charge in [0, 0.05) is 31.9 Å². The van der Waals surface area contributed by atoms with Gasteiger partial charge < -0.3 is 14.5 Å². The molecule has 2 aromatic rings. The maximum Gasteiger partial charge on any atom is 0.244 e. The standard InChI is InChI=1S/C21H23F2N3O2/c1-15(24-10-12-28-13-11-24)21(27)26-9-8-25(18-5-2-16(22)3-6-18)20-14-17(23)4-7-19(20)26/h2-7,14-15H,8-13H2,1H3. The van der Waals surface area contributed by atoms with Gasteiger partial charge in [0.15, 0.2) is 0 Å². The zero-order chi connectivity index (χ0) is 19.7. The molecular weight excluding hydrogens is 364 g/mol. The van der Waals surface area contributed by atoms with Crippen LogP contribution < -0.4 is 9.80 Å². The predicted molar refractivity (Wildman–Crippen MR) is 104 cm³/mol. The first-order chi connectivity index (χ1) is 13.5. The molecule has 0 radical (unpaired) electrons. The van der Waals surface area contributed by atoms with Crippen LogP contribution in [0, 0.1) is 11.6 Å². The predicted octanol–water partition coefficient (Wildman–Crippen LogP) is 3.17. The summed E-state index contributed by atoms with van der Waals surface area (Å²) in [6.45, 7) is 5.57. The fourth-order valence-electron chi connectivity index (χ4n) is 3.85. The van der Waals surface area contributed by atoms with E-state index in [0.717, 1.165) is 18.8 Å². The topological polar surface area (TPSA) is 36.0 Å². The summed E-state index contributed by atoms with van der Waals surface area (Å²) in [4.78, 5) is 19.0. The lowest BCUT2D eigenvalue weighted by atomic mass is 10.1. The number of carbonyl (C=O) groups excluding carboxylic acids is 1. The lowest BCUT2D eigenvalue weighted by molar-refractivity contribution is -0.124. The molecule has 0 bridgehead atoms. The van der Waals surface area contributed by atoms with Gasteiger partial charge in [-0.2, -0.15) is 0 Å². The van der Waals surface area contributed by atoms with Crippen LogP contribution in [-0.2, 0) is 9.53 Å². The minimum Gasteiger partial charge on any atom is -0.379 e. The summed E-state index contributed by atoms with van der Waals surface area (Å²) in [6, 6.07) is 10.3. The SMILES string of the molecule is CC(C(=O)N1CCN(c2ccc(F)cc2)c2cc(F)ccc21)N1CCOCC1. The zero-order valence-corrected chi connectivity index (χ0v) is 15.8. The van der Waals surface area contributed by atoms with Crippen molar-refractivity contribution >= 4 is 23.0 Å². The minimum absolute atomic E-state index is 0.00601. The highest BCUT2D eigenvalue weighted by molar-refractivity contribution is 6.01. The largest absolute Gasteiger partial charge is 0.379 e. The second kappa shape index (κ2) is 7.85. The van der Waals surface area contributed by atoms with E-state index >= 15 is 0 Å². The van der Waals surface area contributed by atoms with Crippen molar-refractivity contribution in [1.29, 1.82) is 0 Å². The molecule has 0 spiro atoms. The van der Waals surface area contributed by atoms with Gasteiger partial charge in [-0.05, 0) is 49.4 Å². The molecule has 2 aliphatic rings. The Morgan fingerprint density at radius 3 is 2.32 bits per heavy atom. The number of rotatable bonds is 3. The van der Waals surface area contributed by atoms with Gasteiger partial charge >= 0.3 is 0 Å². The third-order valence-electron chi connectivity index (χ3n) is 5.42. The molecule has 1 unspecified atom stereocenters. The Labute approximate surface area is 163 Å². The van der Waals surface area contributed by atoms with Crippen LogP contribution in [0.2, 0.25) is 0 Å². The minimum atomic E-state index is -0.374. The molecule has 0 N–H and O–H groups in total. The maximum atomic E-state index is 14.0. The maximum absolute atomic E-state index is 14.0. The molecule has 148 valence electrons. The van der Waals surface area contributed by atoms with Gasteiger partial charge in [-0.1, -0.05) is 0 Å². The van der Waals surface area contributed by atoms with E-state index in [-0.39, 0.29) is 23.6 Å². The molecule has 28 heavy (non-hydrogen) atoms. The first kappa shape index (κ1) is 18.8. The van der Waals surface area contributed by atoms with E-state index in [2.05, 4.69) is 4.90 Å². The van der Waals surface area contributed by atoms with E-state index in [0.29, 0.717) is 37.7 Å². The fraction of sp³-hybridized carbons (Fsp3) is 0.381. The number of hydrogen-bond acceptors (Lipinski definition) is 4. The van der Waals surface area contributed by atoms with E-state index in [4.69, 9.17) is 4.74 Å². The Bertz CT molecular complexity index is 853. The highest BCUT2D eigenvalue weighted by Gasteiger charge is 2.33. The number of hydrogen-bond donors (Lipinski definition) is 0.